The second-order valence-electron chi connectivity index (χ2n) is 4.67. The molecule has 0 amide bonds. The van der Waals surface area contributed by atoms with Gasteiger partial charge in [0.25, 0.3) is 0 Å². The lowest BCUT2D eigenvalue weighted by Gasteiger charge is -2.18. The number of hydrogen-bond donors (Lipinski definition) is 2. The number of nitrogens with one attached hydrogen (secondary N) is 1. The zero-order valence-corrected chi connectivity index (χ0v) is 11.2. The maximum atomic E-state index is 6.20. The Morgan fingerprint density at radius 1 is 1.50 bits per heavy atom. The van der Waals surface area contributed by atoms with Crippen molar-refractivity contribution in [3.8, 4) is 0 Å². The van der Waals surface area contributed by atoms with Gasteiger partial charge in [-0.1, -0.05) is 25.4 Å². The summed E-state index contributed by atoms with van der Waals surface area (Å²) in [6, 6.07) is 0.243. The Labute approximate surface area is 102 Å². The van der Waals surface area contributed by atoms with Crippen molar-refractivity contribution < 1.29 is 0 Å². The van der Waals surface area contributed by atoms with Crippen LogP contribution in [0.25, 0.3) is 0 Å². The molecule has 0 spiro atoms. The fourth-order valence-corrected chi connectivity index (χ4v) is 2.15. The van der Waals surface area contributed by atoms with Gasteiger partial charge in [-0.3, -0.25) is 16.0 Å². The van der Waals surface area contributed by atoms with Crippen molar-refractivity contribution in [3.05, 3.63) is 16.4 Å². The number of halogens is 1. The van der Waals surface area contributed by atoms with Crippen molar-refractivity contribution in [3.63, 3.8) is 0 Å². The third kappa shape index (κ3) is 3.20. The Bertz CT molecular complexity index is 346. The summed E-state index contributed by atoms with van der Waals surface area (Å²) in [5.41, 5.74) is 4.76. The summed E-state index contributed by atoms with van der Waals surface area (Å²) in [6.45, 7) is 6.28. The number of rotatable bonds is 5. The smallest absolute Gasteiger partial charge is 0.0847 e. The Balaban J connectivity index is 2.77. The molecule has 0 aliphatic carbocycles. The summed E-state index contributed by atoms with van der Waals surface area (Å²) >= 11 is 6.20. The van der Waals surface area contributed by atoms with E-state index in [1.54, 1.807) is 0 Å². The van der Waals surface area contributed by atoms with Gasteiger partial charge >= 0.3 is 0 Å². The van der Waals surface area contributed by atoms with Gasteiger partial charge in [-0.25, -0.2) is 0 Å². The molecule has 3 N–H and O–H groups in total. The SMILES string of the molecule is Cc1nn(C)c(CC(CC(C)C)NN)c1Cl. The minimum atomic E-state index is 0.243. The first-order chi connectivity index (χ1) is 7.45. The summed E-state index contributed by atoms with van der Waals surface area (Å²) in [5, 5.41) is 5.05. The minimum Gasteiger partial charge on any atom is -0.271 e. The molecular formula is C11H21ClN4. The Morgan fingerprint density at radius 3 is 2.50 bits per heavy atom. The molecule has 0 aliphatic heterocycles. The molecule has 1 aromatic rings. The molecule has 1 aromatic heterocycles. The lowest BCUT2D eigenvalue weighted by molar-refractivity contribution is 0.415. The van der Waals surface area contributed by atoms with E-state index in [-0.39, 0.29) is 6.04 Å². The molecule has 0 aliphatic rings. The fourth-order valence-electron chi connectivity index (χ4n) is 1.91. The topological polar surface area (TPSA) is 55.9 Å². The van der Waals surface area contributed by atoms with Gasteiger partial charge in [0.1, 0.15) is 0 Å². The van der Waals surface area contributed by atoms with Crippen LogP contribution in [0.3, 0.4) is 0 Å². The molecule has 1 atom stereocenters. The van der Waals surface area contributed by atoms with Crippen molar-refractivity contribution in [2.24, 2.45) is 18.8 Å². The third-order valence-electron chi connectivity index (χ3n) is 2.69. The van der Waals surface area contributed by atoms with E-state index >= 15 is 0 Å². The maximum Gasteiger partial charge on any atom is 0.0847 e. The van der Waals surface area contributed by atoms with E-state index in [4.69, 9.17) is 17.4 Å². The predicted octanol–water partition coefficient (Wildman–Crippen LogP) is 1.80. The molecule has 16 heavy (non-hydrogen) atoms. The molecule has 1 rings (SSSR count). The van der Waals surface area contributed by atoms with Gasteiger partial charge < -0.3 is 0 Å². The molecule has 92 valence electrons. The minimum absolute atomic E-state index is 0.243. The highest BCUT2D eigenvalue weighted by Crippen LogP contribution is 2.21. The highest BCUT2D eigenvalue weighted by Gasteiger charge is 2.16. The second-order valence-corrected chi connectivity index (χ2v) is 5.04. The summed E-state index contributed by atoms with van der Waals surface area (Å²) in [6.07, 6.45) is 1.84. The van der Waals surface area contributed by atoms with E-state index in [9.17, 15) is 0 Å². The van der Waals surface area contributed by atoms with E-state index in [0.29, 0.717) is 5.92 Å². The number of hydrogen-bond acceptors (Lipinski definition) is 3. The van der Waals surface area contributed by atoms with Crippen LogP contribution in [-0.4, -0.2) is 15.8 Å². The molecular weight excluding hydrogens is 224 g/mol. The average molecular weight is 245 g/mol. The van der Waals surface area contributed by atoms with E-state index < -0.39 is 0 Å². The zero-order chi connectivity index (χ0) is 12.3. The standard InChI is InChI=1S/C11H21ClN4/c1-7(2)5-9(14-13)6-10-11(12)8(3)15-16(10)4/h7,9,14H,5-6,13H2,1-4H3. The first-order valence-electron chi connectivity index (χ1n) is 5.59. The van der Waals surface area contributed by atoms with Crippen LogP contribution in [0.2, 0.25) is 5.02 Å². The third-order valence-corrected chi connectivity index (χ3v) is 3.18. The van der Waals surface area contributed by atoms with Gasteiger partial charge in [0, 0.05) is 19.5 Å². The molecule has 0 radical (unpaired) electrons. The van der Waals surface area contributed by atoms with Crippen molar-refractivity contribution in [1.82, 2.24) is 15.2 Å². The van der Waals surface area contributed by atoms with E-state index in [1.165, 1.54) is 0 Å². The maximum absolute atomic E-state index is 6.20. The molecule has 0 fully saturated rings. The normalized spacial score (nSPS) is 13.4. The number of aryl methyl sites for hydroxylation is 2. The number of nitrogens with zero attached hydrogens (tertiary/aromatic N) is 2. The molecule has 0 bridgehead atoms. The van der Waals surface area contributed by atoms with Crippen molar-refractivity contribution in [2.45, 2.75) is 39.7 Å². The quantitative estimate of drug-likeness (QED) is 0.614. The molecule has 5 heteroatoms. The highest BCUT2D eigenvalue weighted by atomic mass is 35.5. The highest BCUT2D eigenvalue weighted by molar-refractivity contribution is 6.31. The van der Waals surface area contributed by atoms with Crippen LogP contribution in [0.15, 0.2) is 0 Å². The second kappa shape index (κ2) is 5.66. The van der Waals surface area contributed by atoms with Crippen LogP contribution in [0, 0.1) is 12.8 Å². The fraction of sp³-hybridized carbons (Fsp3) is 0.727. The Kier molecular flexibility index (Phi) is 4.77. The van der Waals surface area contributed by atoms with Crippen LogP contribution in [0.4, 0.5) is 0 Å². The molecule has 1 heterocycles. The first kappa shape index (κ1) is 13.5. The summed E-state index contributed by atoms with van der Waals surface area (Å²) < 4.78 is 1.84. The van der Waals surface area contributed by atoms with Crippen LogP contribution in [0.5, 0.6) is 0 Å². The van der Waals surface area contributed by atoms with E-state index in [0.717, 1.165) is 29.3 Å². The summed E-state index contributed by atoms with van der Waals surface area (Å²) in [4.78, 5) is 0. The van der Waals surface area contributed by atoms with Gasteiger partial charge in [0.15, 0.2) is 0 Å². The average Bonchev–Trinajstić information content (AvgIpc) is 2.43. The molecule has 0 saturated heterocycles. The van der Waals surface area contributed by atoms with Crippen LogP contribution in [0.1, 0.15) is 31.7 Å². The van der Waals surface area contributed by atoms with Gasteiger partial charge in [-0.15, -0.1) is 0 Å². The molecule has 0 saturated carbocycles. The van der Waals surface area contributed by atoms with E-state index in [1.807, 2.05) is 18.7 Å². The van der Waals surface area contributed by atoms with Crippen LogP contribution >= 0.6 is 11.6 Å². The van der Waals surface area contributed by atoms with Gasteiger partial charge in [-0.2, -0.15) is 5.10 Å². The molecule has 0 aromatic carbocycles. The monoisotopic (exact) mass is 244 g/mol. The molecule has 1 unspecified atom stereocenters. The van der Waals surface area contributed by atoms with Gasteiger partial charge in [0.05, 0.1) is 16.4 Å². The lowest BCUT2D eigenvalue weighted by Crippen LogP contribution is -2.38. The van der Waals surface area contributed by atoms with Crippen LogP contribution < -0.4 is 11.3 Å². The van der Waals surface area contributed by atoms with Gasteiger partial charge in [0.2, 0.25) is 0 Å². The number of nitrogens with two attached hydrogens (primary N) is 1. The zero-order valence-electron chi connectivity index (χ0n) is 10.4. The Hall–Kier alpha value is -0.580. The number of aromatic nitrogens is 2. The molecule has 4 nitrogen and oxygen atoms in total. The number of hydrazine groups is 1. The van der Waals surface area contributed by atoms with Gasteiger partial charge in [-0.05, 0) is 19.3 Å². The summed E-state index contributed by atoms with van der Waals surface area (Å²) in [7, 11) is 1.91. The van der Waals surface area contributed by atoms with Crippen molar-refractivity contribution in [2.75, 3.05) is 0 Å². The predicted molar refractivity (Wildman–Crippen MR) is 67.2 cm³/mol. The summed E-state index contributed by atoms with van der Waals surface area (Å²) in [5.74, 6) is 6.16. The Morgan fingerprint density at radius 2 is 2.12 bits per heavy atom. The van der Waals surface area contributed by atoms with Crippen molar-refractivity contribution >= 4 is 11.6 Å². The van der Waals surface area contributed by atoms with Crippen molar-refractivity contribution in [1.29, 1.82) is 0 Å². The largest absolute Gasteiger partial charge is 0.271 e. The lowest BCUT2D eigenvalue weighted by atomic mass is 10.0. The van der Waals surface area contributed by atoms with E-state index in [2.05, 4.69) is 24.4 Å². The van der Waals surface area contributed by atoms with Crippen LogP contribution in [-0.2, 0) is 13.5 Å². The first-order valence-corrected chi connectivity index (χ1v) is 5.97.